The second-order valence-corrected chi connectivity index (χ2v) is 6.55. The molecule has 1 aromatic rings. The largest absolute Gasteiger partial charge is 0.393 e. The van der Waals surface area contributed by atoms with Crippen molar-refractivity contribution in [1.29, 1.82) is 0 Å². The van der Waals surface area contributed by atoms with Crippen LogP contribution in [0.4, 0.5) is 0 Å². The third-order valence-electron chi connectivity index (χ3n) is 3.30. The highest BCUT2D eigenvalue weighted by atomic mass is 16.3. The Labute approximate surface area is 132 Å². The molecule has 1 atom stereocenters. The number of hydrogen-bond acceptors (Lipinski definition) is 3. The number of benzene rings is 1. The molecule has 1 aromatic carbocycles. The van der Waals surface area contributed by atoms with E-state index in [0.29, 0.717) is 18.5 Å². The first-order chi connectivity index (χ1) is 10.2. The Kier molecular flexibility index (Phi) is 6.56. The van der Waals surface area contributed by atoms with Crippen LogP contribution in [0.15, 0.2) is 24.3 Å². The molecule has 3 N–H and O–H groups in total. The smallest absolute Gasteiger partial charge is 0.251 e. The fraction of sp³-hybridized carbons (Fsp3) is 0.529. The SMILES string of the molecule is Cc1cccc(C(=O)NCC(=O)NCC(C)(C)CC(C)O)c1. The van der Waals surface area contributed by atoms with Gasteiger partial charge in [0.15, 0.2) is 0 Å². The van der Waals surface area contributed by atoms with Crippen LogP contribution in [-0.2, 0) is 4.79 Å². The molecule has 0 radical (unpaired) electrons. The van der Waals surface area contributed by atoms with Gasteiger partial charge in [0.2, 0.25) is 5.91 Å². The molecule has 0 aliphatic heterocycles. The van der Waals surface area contributed by atoms with Crippen LogP contribution in [0.1, 0.15) is 43.1 Å². The molecule has 5 heteroatoms. The lowest BCUT2D eigenvalue weighted by atomic mass is 9.87. The van der Waals surface area contributed by atoms with Crippen LogP contribution in [-0.4, -0.2) is 36.1 Å². The summed E-state index contributed by atoms with van der Waals surface area (Å²) in [5.41, 5.74) is 1.35. The molecule has 1 rings (SSSR count). The lowest BCUT2D eigenvalue weighted by molar-refractivity contribution is -0.120. The molecule has 0 bridgehead atoms. The summed E-state index contributed by atoms with van der Waals surface area (Å²) in [6.07, 6.45) is 0.191. The number of amides is 2. The van der Waals surface area contributed by atoms with Crippen LogP contribution in [0.5, 0.6) is 0 Å². The van der Waals surface area contributed by atoms with Gasteiger partial charge in [0.05, 0.1) is 12.6 Å². The minimum atomic E-state index is -0.409. The van der Waals surface area contributed by atoms with E-state index in [1.807, 2.05) is 32.9 Å². The zero-order chi connectivity index (χ0) is 16.8. The maximum atomic E-state index is 11.9. The predicted octanol–water partition coefficient (Wildman–Crippen LogP) is 1.64. The Balaban J connectivity index is 2.39. The molecular weight excluding hydrogens is 280 g/mol. The van der Waals surface area contributed by atoms with E-state index in [1.165, 1.54) is 0 Å². The first-order valence-electron chi connectivity index (χ1n) is 7.49. The van der Waals surface area contributed by atoms with Crippen molar-refractivity contribution in [3.63, 3.8) is 0 Å². The molecule has 0 saturated carbocycles. The van der Waals surface area contributed by atoms with Crippen LogP contribution in [0, 0.1) is 12.3 Å². The number of aliphatic hydroxyl groups excluding tert-OH is 1. The lowest BCUT2D eigenvalue weighted by Gasteiger charge is -2.26. The van der Waals surface area contributed by atoms with Gasteiger partial charge >= 0.3 is 0 Å². The van der Waals surface area contributed by atoms with Gasteiger partial charge in [-0.15, -0.1) is 0 Å². The van der Waals surface area contributed by atoms with Gasteiger partial charge in [0.25, 0.3) is 5.91 Å². The summed E-state index contributed by atoms with van der Waals surface area (Å²) < 4.78 is 0. The highest BCUT2D eigenvalue weighted by molar-refractivity contribution is 5.96. The van der Waals surface area contributed by atoms with E-state index in [1.54, 1.807) is 19.1 Å². The molecule has 22 heavy (non-hydrogen) atoms. The summed E-state index contributed by atoms with van der Waals surface area (Å²) in [6.45, 7) is 7.99. The first kappa shape index (κ1) is 18.2. The zero-order valence-corrected chi connectivity index (χ0v) is 13.8. The number of rotatable bonds is 7. The average molecular weight is 306 g/mol. The summed E-state index contributed by atoms with van der Waals surface area (Å²) >= 11 is 0. The van der Waals surface area contributed by atoms with Crippen molar-refractivity contribution in [1.82, 2.24) is 10.6 Å². The van der Waals surface area contributed by atoms with Gasteiger partial charge in [-0.3, -0.25) is 9.59 Å². The number of aryl methyl sites for hydroxylation is 1. The zero-order valence-electron chi connectivity index (χ0n) is 13.8. The van der Waals surface area contributed by atoms with Gasteiger partial charge in [-0.05, 0) is 37.8 Å². The fourth-order valence-electron chi connectivity index (χ4n) is 2.32. The first-order valence-corrected chi connectivity index (χ1v) is 7.49. The van der Waals surface area contributed by atoms with Crippen molar-refractivity contribution in [2.75, 3.05) is 13.1 Å². The third-order valence-corrected chi connectivity index (χ3v) is 3.30. The predicted molar refractivity (Wildman–Crippen MR) is 86.6 cm³/mol. The second kappa shape index (κ2) is 7.94. The third kappa shape index (κ3) is 6.72. The Hall–Kier alpha value is -1.88. The van der Waals surface area contributed by atoms with E-state index in [4.69, 9.17) is 0 Å². The average Bonchev–Trinajstić information content (AvgIpc) is 2.41. The van der Waals surface area contributed by atoms with E-state index in [2.05, 4.69) is 10.6 Å². The van der Waals surface area contributed by atoms with Crippen molar-refractivity contribution in [3.05, 3.63) is 35.4 Å². The van der Waals surface area contributed by atoms with Crippen molar-refractivity contribution >= 4 is 11.8 Å². The molecule has 2 amide bonds. The Morgan fingerprint density at radius 2 is 1.95 bits per heavy atom. The Morgan fingerprint density at radius 3 is 2.55 bits per heavy atom. The normalized spacial score (nSPS) is 12.6. The minimum Gasteiger partial charge on any atom is -0.393 e. The number of hydrogen-bond donors (Lipinski definition) is 3. The summed E-state index contributed by atoms with van der Waals surface area (Å²) in [7, 11) is 0. The molecule has 0 aliphatic carbocycles. The number of aliphatic hydroxyl groups is 1. The standard InChI is InChI=1S/C17H26N2O3/c1-12-6-5-7-14(8-12)16(22)18-10-15(21)19-11-17(3,4)9-13(2)20/h5-8,13,20H,9-11H2,1-4H3,(H,18,22)(H,19,21). The van der Waals surface area contributed by atoms with Crippen molar-refractivity contribution in [2.45, 2.75) is 40.2 Å². The second-order valence-electron chi connectivity index (χ2n) is 6.55. The van der Waals surface area contributed by atoms with E-state index in [0.717, 1.165) is 5.56 Å². The van der Waals surface area contributed by atoms with E-state index < -0.39 is 6.10 Å². The monoisotopic (exact) mass is 306 g/mol. The number of carbonyl (C=O) groups excluding carboxylic acids is 2. The van der Waals surface area contributed by atoms with Crippen LogP contribution >= 0.6 is 0 Å². The van der Waals surface area contributed by atoms with Gasteiger partial charge in [-0.1, -0.05) is 31.5 Å². The molecule has 0 aliphatic rings. The number of carbonyl (C=O) groups is 2. The highest BCUT2D eigenvalue weighted by Crippen LogP contribution is 2.20. The molecule has 1 unspecified atom stereocenters. The quantitative estimate of drug-likeness (QED) is 0.716. The topological polar surface area (TPSA) is 78.4 Å². The molecule has 0 heterocycles. The van der Waals surface area contributed by atoms with Gasteiger partial charge in [0, 0.05) is 12.1 Å². The summed E-state index contributed by atoms with van der Waals surface area (Å²) in [4.78, 5) is 23.7. The Morgan fingerprint density at radius 1 is 1.27 bits per heavy atom. The van der Waals surface area contributed by atoms with E-state index >= 15 is 0 Å². The molecule has 5 nitrogen and oxygen atoms in total. The van der Waals surface area contributed by atoms with Crippen molar-refractivity contribution in [2.24, 2.45) is 5.41 Å². The summed E-state index contributed by atoms with van der Waals surface area (Å²) in [5, 5.41) is 14.8. The van der Waals surface area contributed by atoms with Gasteiger partial charge in [-0.25, -0.2) is 0 Å². The highest BCUT2D eigenvalue weighted by Gasteiger charge is 2.21. The minimum absolute atomic E-state index is 0.0580. The molecule has 0 fully saturated rings. The number of nitrogens with one attached hydrogen (secondary N) is 2. The van der Waals surface area contributed by atoms with E-state index in [9.17, 15) is 14.7 Å². The molecule has 0 spiro atoms. The van der Waals surface area contributed by atoms with Crippen molar-refractivity contribution in [3.8, 4) is 0 Å². The maximum Gasteiger partial charge on any atom is 0.251 e. The van der Waals surface area contributed by atoms with Crippen LogP contribution in [0.2, 0.25) is 0 Å². The molecular formula is C17H26N2O3. The molecule has 122 valence electrons. The van der Waals surface area contributed by atoms with Crippen LogP contribution in [0.3, 0.4) is 0 Å². The molecule has 0 saturated heterocycles. The Bertz CT molecular complexity index is 524. The van der Waals surface area contributed by atoms with Gasteiger partial charge in [0.1, 0.15) is 0 Å². The van der Waals surface area contributed by atoms with E-state index in [-0.39, 0.29) is 23.8 Å². The van der Waals surface area contributed by atoms with Crippen LogP contribution in [0.25, 0.3) is 0 Å². The van der Waals surface area contributed by atoms with Gasteiger partial charge < -0.3 is 15.7 Å². The van der Waals surface area contributed by atoms with Crippen LogP contribution < -0.4 is 10.6 Å². The summed E-state index contributed by atoms with van der Waals surface area (Å²) in [5.74, 6) is -0.498. The lowest BCUT2D eigenvalue weighted by Crippen LogP contribution is -2.41. The molecule has 0 aromatic heterocycles. The van der Waals surface area contributed by atoms with Crippen molar-refractivity contribution < 1.29 is 14.7 Å². The van der Waals surface area contributed by atoms with Gasteiger partial charge in [-0.2, -0.15) is 0 Å². The maximum absolute atomic E-state index is 11.9. The summed E-state index contributed by atoms with van der Waals surface area (Å²) in [6, 6.07) is 7.21. The fourth-order valence-corrected chi connectivity index (χ4v) is 2.32.